The normalized spacial score (nSPS) is 10.2. The first-order valence-corrected chi connectivity index (χ1v) is 6.45. The van der Waals surface area contributed by atoms with Crippen LogP contribution in [0.3, 0.4) is 0 Å². The highest BCUT2D eigenvalue weighted by molar-refractivity contribution is 6.40. The van der Waals surface area contributed by atoms with Crippen LogP contribution in [-0.4, -0.2) is 30.7 Å². The molecule has 0 aliphatic heterocycles. The van der Waals surface area contributed by atoms with Crippen molar-refractivity contribution in [3.63, 3.8) is 0 Å². The lowest BCUT2D eigenvalue weighted by atomic mass is 10.0. The van der Waals surface area contributed by atoms with Gasteiger partial charge < -0.3 is 4.90 Å². The fourth-order valence-corrected chi connectivity index (χ4v) is 1.49. The molecule has 1 amide bonds. The molecule has 0 radical (unpaired) electrons. The third-order valence-corrected chi connectivity index (χ3v) is 2.73. The Labute approximate surface area is 120 Å². The van der Waals surface area contributed by atoms with E-state index >= 15 is 0 Å². The quantitative estimate of drug-likeness (QED) is 0.480. The zero-order valence-corrected chi connectivity index (χ0v) is 12.3. The number of rotatable bonds is 3. The van der Waals surface area contributed by atoms with Crippen LogP contribution in [0.25, 0.3) is 0 Å². The maximum Gasteiger partial charge on any atom is 0.293 e. The largest absolute Gasteiger partial charge is 0.342 e. The molecule has 0 heterocycles. The van der Waals surface area contributed by atoms with Crippen LogP contribution >= 0.6 is 0 Å². The molecule has 20 heavy (non-hydrogen) atoms. The number of nitrogens with zero attached hydrogens (tertiary/aromatic N) is 1. The second kappa shape index (κ2) is 7.30. The first-order chi connectivity index (χ1) is 9.41. The molecule has 0 N–H and O–H groups in total. The summed E-state index contributed by atoms with van der Waals surface area (Å²) in [7, 11) is 3.08. The Bertz CT molecular complexity index is 569. The molecule has 0 aliphatic carbocycles. The van der Waals surface area contributed by atoms with E-state index in [0.717, 1.165) is 5.56 Å². The third kappa shape index (κ3) is 4.74. The van der Waals surface area contributed by atoms with Crippen LogP contribution in [0.2, 0.25) is 0 Å². The topological polar surface area (TPSA) is 37.4 Å². The van der Waals surface area contributed by atoms with E-state index in [2.05, 4.69) is 25.7 Å². The van der Waals surface area contributed by atoms with Crippen LogP contribution < -0.4 is 0 Å². The highest BCUT2D eigenvalue weighted by atomic mass is 16.2. The third-order valence-electron chi connectivity index (χ3n) is 2.73. The molecule has 1 aromatic carbocycles. The smallest absolute Gasteiger partial charge is 0.293 e. The van der Waals surface area contributed by atoms with Crippen molar-refractivity contribution in [2.45, 2.75) is 19.8 Å². The summed E-state index contributed by atoms with van der Waals surface area (Å²) in [4.78, 5) is 23.9. The lowest BCUT2D eigenvalue weighted by Crippen LogP contribution is -2.28. The lowest BCUT2D eigenvalue weighted by molar-refractivity contribution is -0.140. The molecule has 0 atom stereocenters. The molecule has 1 aromatic rings. The number of hydrogen-bond acceptors (Lipinski definition) is 2. The van der Waals surface area contributed by atoms with Crippen LogP contribution in [0, 0.1) is 11.8 Å². The van der Waals surface area contributed by atoms with Gasteiger partial charge in [0.1, 0.15) is 0 Å². The molecule has 0 aromatic heterocycles. The van der Waals surface area contributed by atoms with Gasteiger partial charge >= 0.3 is 0 Å². The van der Waals surface area contributed by atoms with Crippen molar-refractivity contribution in [1.29, 1.82) is 0 Å². The van der Waals surface area contributed by atoms with E-state index in [1.807, 2.05) is 24.3 Å². The van der Waals surface area contributed by atoms with Crippen molar-refractivity contribution in [3.05, 3.63) is 47.5 Å². The van der Waals surface area contributed by atoms with Crippen LogP contribution in [0.5, 0.6) is 0 Å². The second-order valence-electron chi connectivity index (χ2n) is 4.94. The summed E-state index contributed by atoms with van der Waals surface area (Å²) in [5.74, 6) is 5.04. The molecule has 0 saturated heterocycles. The minimum Gasteiger partial charge on any atom is -0.342 e. The number of benzene rings is 1. The van der Waals surface area contributed by atoms with Gasteiger partial charge in [0.15, 0.2) is 0 Å². The molecule has 3 heteroatoms. The van der Waals surface area contributed by atoms with Gasteiger partial charge in [-0.3, -0.25) is 9.59 Å². The van der Waals surface area contributed by atoms with Crippen molar-refractivity contribution in [2.75, 3.05) is 14.1 Å². The molecule has 104 valence electrons. The van der Waals surface area contributed by atoms with E-state index in [-0.39, 0.29) is 0 Å². The Kier molecular flexibility index (Phi) is 5.74. The second-order valence-corrected chi connectivity index (χ2v) is 4.94. The standard InChI is InChI=1S/C17H19NO2/c1-13(2)15-11-9-14(10-12-15)7-5-6-8-16(19)17(20)18(3)4/h6,8-13H,1-4H3/b8-6+. The molecule has 0 spiro atoms. The predicted octanol–water partition coefficient (Wildman–Crippen LogP) is 2.38. The summed E-state index contributed by atoms with van der Waals surface area (Å²) < 4.78 is 0. The fourth-order valence-electron chi connectivity index (χ4n) is 1.49. The van der Waals surface area contributed by atoms with E-state index in [1.54, 1.807) is 0 Å². The first kappa shape index (κ1) is 15.7. The van der Waals surface area contributed by atoms with E-state index < -0.39 is 11.7 Å². The molecule has 3 nitrogen and oxygen atoms in total. The SMILES string of the molecule is CC(C)c1ccc(C#C/C=C/C(=O)C(=O)N(C)C)cc1. The zero-order chi connectivity index (χ0) is 15.1. The predicted molar refractivity (Wildman–Crippen MR) is 80.3 cm³/mol. The average molecular weight is 269 g/mol. The average Bonchev–Trinajstić information content (AvgIpc) is 2.42. The van der Waals surface area contributed by atoms with E-state index in [4.69, 9.17) is 0 Å². The van der Waals surface area contributed by atoms with E-state index in [0.29, 0.717) is 5.92 Å². The van der Waals surface area contributed by atoms with Gasteiger partial charge in [0, 0.05) is 19.7 Å². The minimum absolute atomic E-state index is 0.492. The molecule has 0 saturated carbocycles. The molecule has 0 bridgehead atoms. The summed E-state index contributed by atoms with van der Waals surface area (Å²) in [6, 6.07) is 7.98. The molecule has 0 fully saturated rings. The Morgan fingerprint density at radius 2 is 1.75 bits per heavy atom. The van der Waals surface area contributed by atoms with Crippen molar-refractivity contribution in [1.82, 2.24) is 4.90 Å². The van der Waals surface area contributed by atoms with Crippen molar-refractivity contribution in [3.8, 4) is 11.8 Å². The maximum absolute atomic E-state index is 11.4. The van der Waals surface area contributed by atoms with Gasteiger partial charge in [-0.1, -0.05) is 37.8 Å². The highest BCUT2D eigenvalue weighted by Crippen LogP contribution is 2.13. The first-order valence-electron chi connectivity index (χ1n) is 6.45. The number of carbonyl (C=O) groups excluding carboxylic acids is 2. The van der Waals surface area contributed by atoms with Crippen LogP contribution in [0.1, 0.15) is 30.9 Å². The zero-order valence-electron chi connectivity index (χ0n) is 12.3. The molecule has 0 aliphatic rings. The number of amides is 1. The van der Waals surface area contributed by atoms with Gasteiger partial charge in [0.25, 0.3) is 5.91 Å². The Hall–Kier alpha value is -2.34. The Morgan fingerprint density at radius 1 is 1.15 bits per heavy atom. The molecule has 0 unspecified atom stereocenters. The number of ketones is 1. The minimum atomic E-state index is -0.570. The van der Waals surface area contributed by atoms with Crippen LogP contribution in [0.15, 0.2) is 36.4 Å². The molecular weight excluding hydrogens is 250 g/mol. The number of likely N-dealkylation sites (N-methyl/N-ethyl adjacent to an activating group) is 1. The number of hydrogen-bond donors (Lipinski definition) is 0. The summed E-state index contributed by atoms with van der Waals surface area (Å²) >= 11 is 0. The Balaban J connectivity index is 2.67. The summed E-state index contributed by atoms with van der Waals surface area (Å²) in [6.45, 7) is 4.27. The summed E-state index contributed by atoms with van der Waals surface area (Å²) in [6.07, 6.45) is 2.60. The van der Waals surface area contributed by atoms with Gasteiger partial charge in [-0.05, 0) is 35.8 Å². The molecule has 1 rings (SSSR count). The van der Waals surface area contributed by atoms with Crippen LogP contribution in [0.4, 0.5) is 0 Å². The highest BCUT2D eigenvalue weighted by Gasteiger charge is 2.10. The summed E-state index contributed by atoms with van der Waals surface area (Å²) in [5.41, 5.74) is 2.14. The van der Waals surface area contributed by atoms with E-state index in [9.17, 15) is 9.59 Å². The van der Waals surface area contributed by atoms with Crippen molar-refractivity contribution >= 4 is 11.7 Å². The summed E-state index contributed by atoms with van der Waals surface area (Å²) in [5, 5.41) is 0. The monoisotopic (exact) mass is 269 g/mol. The van der Waals surface area contributed by atoms with Crippen molar-refractivity contribution in [2.24, 2.45) is 0 Å². The fraction of sp³-hybridized carbons (Fsp3) is 0.294. The lowest BCUT2D eigenvalue weighted by Gasteiger charge is -2.05. The molecular formula is C17H19NO2. The maximum atomic E-state index is 11.4. The Morgan fingerprint density at radius 3 is 2.25 bits per heavy atom. The number of carbonyl (C=O) groups is 2. The van der Waals surface area contributed by atoms with Crippen LogP contribution in [-0.2, 0) is 9.59 Å². The number of allylic oxidation sites excluding steroid dienone is 1. The van der Waals surface area contributed by atoms with Gasteiger partial charge in [-0.2, -0.15) is 0 Å². The van der Waals surface area contributed by atoms with E-state index in [1.165, 1.54) is 36.7 Å². The van der Waals surface area contributed by atoms with Gasteiger partial charge in [0.05, 0.1) is 0 Å². The van der Waals surface area contributed by atoms with Crippen molar-refractivity contribution < 1.29 is 9.59 Å². The van der Waals surface area contributed by atoms with Gasteiger partial charge in [-0.15, -0.1) is 0 Å². The van der Waals surface area contributed by atoms with Gasteiger partial charge in [0.2, 0.25) is 5.78 Å². The van der Waals surface area contributed by atoms with Gasteiger partial charge in [-0.25, -0.2) is 0 Å².